The number of sulfonamides is 1. The van der Waals surface area contributed by atoms with Crippen LogP contribution in [0.4, 0.5) is 5.69 Å². The summed E-state index contributed by atoms with van der Waals surface area (Å²) in [6, 6.07) is 10.1. The number of nitrogens with zero attached hydrogens (tertiary/aromatic N) is 2. The molecule has 27 heavy (non-hydrogen) atoms. The summed E-state index contributed by atoms with van der Waals surface area (Å²) < 4.78 is 41.5. The van der Waals surface area contributed by atoms with Gasteiger partial charge in [0.2, 0.25) is 0 Å². The molecule has 0 bridgehead atoms. The predicted molar refractivity (Wildman–Crippen MR) is 106 cm³/mol. The number of rotatable bonds is 6. The van der Waals surface area contributed by atoms with Gasteiger partial charge in [0.25, 0.3) is 10.0 Å². The first-order valence-corrected chi connectivity index (χ1v) is 10.2. The summed E-state index contributed by atoms with van der Waals surface area (Å²) in [6.07, 6.45) is 3.37. The third kappa shape index (κ3) is 3.93. The predicted octanol–water partition coefficient (Wildman–Crippen LogP) is 3.76. The SMILES string of the molecule is COc1cc(C)c(S(=O)(=O)Nc2ccccc2-n2cc(Br)cn2)cc1OC. The van der Waals surface area contributed by atoms with Crippen molar-refractivity contribution >= 4 is 31.6 Å². The second-order valence-corrected chi connectivity index (χ2v) is 8.26. The van der Waals surface area contributed by atoms with E-state index in [1.54, 1.807) is 48.3 Å². The monoisotopic (exact) mass is 451 g/mol. The van der Waals surface area contributed by atoms with Crippen LogP contribution in [0.5, 0.6) is 11.5 Å². The maximum Gasteiger partial charge on any atom is 0.262 e. The summed E-state index contributed by atoms with van der Waals surface area (Å²) in [7, 11) is -0.901. The van der Waals surface area contributed by atoms with E-state index in [0.717, 1.165) is 4.47 Å². The molecule has 3 aromatic rings. The maximum atomic E-state index is 13.0. The molecule has 0 radical (unpaired) electrons. The first-order chi connectivity index (χ1) is 12.9. The van der Waals surface area contributed by atoms with Crippen LogP contribution in [0.25, 0.3) is 5.69 Å². The molecule has 9 heteroatoms. The van der Waals surface area contributed by atoms with Crippen molar-refractivity contribution in [3.63, 3.8) is 0 Å². The third-order valence-corrected chi connectivity index (χ3v) is 5.83. The summed E-state index contributed by atoms with van der Waals surface area (Å²) in [5, 5.41) is 4.22. The van der Waals surface area contributed by atoms with Crippen LogP contribution in [0.1, 0.15) is 5.56 Å². The minimum Gasteiger partial charge on any atom is -0.493 e. The smallest absolute Gasteiger partial charge is 0.262 e. The molecule has 0 amide bonds. The van der Waals surface area contributed by atoms with Gasteiger partial charge in [0.05, 0.1) is 41.2 Å². The molecule has 1 aromatic heterocycles. The Hall–Kier alpha value is -2.52. The van der Waals surface area contributed by atoms with Gasteiger partial charge in [-0.1, -0.05) is 12.1 Å². The lowest BCUT2D eigenvalue weighted by atomic mass is 10.2. The van der Waals surface area contributed by atoms with Gasteiger partial charge in [0.1, 0.15) is 0 Å². The Morgan fingerprint density at radius 2 is 1.78 bits per heavy atom. The number of nitrogens with one attached hydrogen (secondary N) is 1. The van der Waals surface area contributed by atoms with Gasteiger partial charge in [-0.2, -0.15) is 5.10 Å². The van der Waals surface area contributed by atoms with E-state index >= 15 is 0 Å². The normalized spacial score (nSPS) is 11.3. The summed E-state index contributed by atoms with van der Waals surface area (Å²) in [5.41, 5.74) is 1.55. The molecule has 3 rings (SSSR count). The molecule has 0 saturated carbocycles. The van der Waals surface area contributed by atoms with Crippen molar-refractivity contribution in [2.45, 2.75) is 11.8 Å². The van der Waals surface area contributed by atoms with Gasteiger partial charge in [-0.05, 0) is 46.6 Å². The quantitative estimate of drug-likeness (QED) is 0.616. The molecular weight excluding hydrogens is 434 g/mol. The van der Waals surface area contributed by atoms with Crippen molar-refractivity contribution in [3.8, 4) is 17.2 Å². The lowest BCUT2D eigenvalue weighted by molar-refractivity contribution is 0.353. The minimum atomic E-state index is -3.86. The number of hydrogen-bond donors (Lipinski definition) is 1. The fraction of sp³-hybridized carbons (Fsp3) is 0.167. The zero-order chi connectivity index (χ0) is 19.6. The first-order valence-electron chi connectivity index (χ1n) is 7.90. The number of methoxy groups -OCH3 is 2. The van der Waals surface area contributed by atoms with Gasteiger partial charge in [0.15, 0.2) is 11.5 Å². The second kappa shape index (κ2) is 7.61. The highest BCUT2D eigenvalue weighted by molar-refractivity contribution is 9.10. The Balaban J connectivity index is 2.04. The summed E-state index contributed by atoms with van der Waals surface area (Å²) >= 11 is 3.34. The van der Waals surface area contributed by atoms with Crippen molar-refractivity contribution < 1.29 is 17.9 Å². The number of anilines is 1. The highest BCUT2D eigenvalue weighted by Crippen LogP contribution is 2.33. The number of ether oxygens (including phenoxy) is 2. The molecule has 0 saturated heterocycles. The Kier molecular flexibility index (Phi) is 5.43. The molecule has 1 N–H and O–H groups in total. The topological polar surface area (TPSA) is 82.5 Å². The molecule has 0 aliphatic carbocycles. The van der Waals surface area contributed by atoms with Crippen molar-refractivity contribution in [2.75, 3.05) is 18.9 Å². The maximum absolute atomic E-state index is 13.0. The fourth-order valence-corrected chi connectivity index (χ4v) is 4.25. The molecule has 0 unspecified atom stereocenters. The molecule has 1 heterocycles. The number of aryl methyl sites for hydroxylation is 1. The third-order valence-electron chi connectivity index (χ3n) is 3.92. The fourth-order valence-electron chi connectivity index (χ4n) is 2.64. The highest BCUT2D eigenvalue weighted by Gasteiger charge is 2.22. The van der Waals surface area contributed by atoms with Crippen LogP contribution in [0.15, 0.2) is 58.2 Å². The van der Waals surface area contributed by atoms with Crippen LogP contribution in [0.2, 0.25) is 0 Å². The van der Waals surface area contributed by atoms with E-state index < -0.39 is 10.0 Å². The number of hydrogen-bond acceptors (Lipinski definition) is 5. The molecule has 0 aliphatic rings. The Labute approximate surface area is 166 Å². The van der Waals surface area contributed by atoms with Crippen molar-refractivity contribution in [3.05, 3.63) is 58.8 Å². The first kappa shape index (κ1) is 19.2. The van der Waals surface area contributed by atoms with E-state index in [0.29, 0.717) is 28.4 Å². The number of benzene rings is 2. The van der Waals surface area contributed by atoms with Crippen molar-refractivity contribution in [1.82, 2.24) is 9.78 Å². The highest BCUT2D eigenvalue weighted by atomic mass is 79.9. The van der Waals surface area contributed by atoms with Crippen LogP contribution in [0.3, 0.4) is 0 Å². The van der Waals surface area contributed by atoms with Crippen molar-refractivity contribution in [2.24, 2.45) is 0 Å². The largest absolute Gasteiger partial charge is 0.493 e. The van der Waals surface area contributed by atoms with Gasteiger partial charge in [-0.15, -0.1) is 0 Å². The molecule has 0 spiro atoms. The zero-order valence-electron chi connectivity index (χ0n) is 14.9. The average molecular weight is 452 g/mol. The van der Waals surface area contributed by atoms with Crippen LogP contribution in [0, 0.1) is 6.92 Å². The van der Waals surface area contributed by atoms with Gasteiger partial charge in [0, 0.05) is 12.3 Å². The second-order valence-electron chi connectivity index (χ2n) is 5.70. The molecule has 0 aliphatic heterocycles. The van der Waals surface area contributed by atoms with Crippen LogP contribution >= 0.6 is 15.9 Å². The van der Waals surface area contributed by atoms with Crippen LogP contribution < -0.4 is 14.2 Å². The molecule has 0 atom stereocenters. The van der Waals surface area contributed by atoms with Gasteiger partial charge >= 0.3 is 0 Å². The molecule has 142 valence electrons. The standard InChI is InChI=1S/C18H18BrN3O4S/c1-12-8-16(25-2)17(26-3)9-18(12)27(23,24)21-14-6-4-5-7-15(14)22-11-13(19)10-20-22/h4-11,21H,1-3H3. The molecule has 2 aromatic carbocycles. The Morgan fingerprint density at radius 1 is 1.11 bits per heavy atom. The van der Waals surface area contributed by atoms with Gasteiger partial charge < -0.3 is 9.47 Å². The van der Waals surface area contributed by atoms with E-state index in [1.807, 2.05) is 6.07 Å². The molecule has 0 fully saturated rings. The van der Waals surface area contributed by atoms with Gasteiger partial charge in [-0.25, -0.2) is 13.1 Å². The average Bonchev–Trinajstić information content (AvgIpc) is 3.07. The number of para-hydroxylation sites is 2. The Morgan fingerprint density at radius 3 is 2.41 bits per heavy atom. The molecular formula is C18H18BrN3O4S. The lowest BCUT2D eigenvalue weighted by Gasteiger charge is -2.16. The summed E-state index contributed by atoms with van der Waals surface area (Å²) in [4.78, 5) is 0.108. The number of halogens is 1. The minimum absolute atomic E-state index is 0.108. The summed E-state index contributed by atoms with van der Waals surface area (Å²) in [5.74, 6) is 0.809. The summed E-state index contributed by atoms with van der Waals surface area (Å²) in [6.45, 7) is 1.70. The molecule has 7 nitrogen and oxygen atoms in total. The van der Waals surface area contributed by atoms with E-state index in [9.17, 15) is 8.42 Å². The van der Waals surface area contributed by atoms with Crippen molar-refractivity contribution in [1.29, 1.82) is 0 Å². The zero-order valence-corrected chi connectivity index (χ0v) is 17.3. The van der Waals surface area contributed by atoms with E-state index in [-0.39, 0.29) is 4.90 Å². The van der Waals surface area contributed by atoms with E-state index in [4.69, 9.17) is 9.47 Å². The Bertz CT molecular complexity index is 1080. The van der Waals surface area contributed by atoms with Crippen LogP contribution in [-0.2, 0) is 10.0 Å². The van der Waals surface area contributed by atoms with E-state index in [2.05, 4.69) is 25.8 Å². The number of aromatic nitrogens is 2. The van der Waals surface area contributed by atoms with E-state index in [1.165, 1.54) is 20.3 Å². The lowest BCUT2D eigenvalue weighted by Crippen LogP contribution is -2.16. The van der Waals surface area contributed by atoms with Gasteiger partial charge in [-0.3, -0.25) is 4.72 Å². The van der Waals surface area contributed by atoms with Crippen LogP contribution in [-0.4, -0.2) is 32.4 Å².